The smallest absolute Gasteiger partial charge is 0.439 e. The molecule has 0 bridgehead atoms. The molecule has 0 rings (SSSR count). The van der Waals surface area contributed by atoms with Crippen LogP contribution in [0.25, 0.3) is 0 Å². The lowest BCUT2D eigenvalue weighted by Crippen LogP contribution is -2.41. The van der Waals surface area contributed by atoms with E-state index in [0.717, 1.165) is 0 Å². The third kappa shape index (κ3) is 4.16. The third-order valence-electron chi connectivity index (χ3n) is 0.927. The molecule has 0 aliphatic heterocycles. The van der Waals surface area contributed by atoms with Gasteiger partial charge in [-0.2, -0.15) is 0 Å². The van der Waals surface area contributed by atoms with Crippen LogP contribution in [-0.4, -0.2) is 35.4 Å². The Bertz CT molecular complexity index is 194. The highest BCUT2D eigenvalue weighted by Gasteiger charge is 2.16. The van der Waals surface area contributed by atoms with Gasteiger partial charge in [-0.3, -0.25) is 4.84 Å². The quantitative estimate of drug-likeness (QED) is 0.375. The third-order valence-corrected chi connectivity index (χ3v) is 0.927. The summed E-state index contributed by atoms with van der Waals surface area (Å²) in [6, 6.07) is 0. The molecule has 0 aromatic rings. The maximum absolute atomic E-state index is 10.5. The highest BCUT2D eigenvalue weighted by molar-refractivity contribution is 5.90. The fraction of sp³-hybridized carbons (Fsp3) is 0.667. The average molecular weight is 191 g/mol. The standard InChI is InChI=1S/C6H13N3O4/c1-3-12-8-5(7)9(6(10)11)13-4-2/h3-4H2,1-2H3,(H2,7,8)(H,10,11). The fourth-order valence-electron chi connectivity index (χ4n) is 0.516. The number of amides is 1. The summed E-state index contributed by atoms with van der Waals surface area (Å²) in [5.74, 6) is -0.351. The van der Waals surface area contributed by atoms with E-state index in [1.807, 2.05) is 0 Å². The van der Waals surface area contributed by atoms with E-state index in [0.29, 0.717) is 11.7 Å². The van der Waals surface area contributed by atoms with Gasteiger partial charge in [-0.1, -0.05) is 0 Å². The van der Waals surface area contributed by atoms with Crippen molar-refractivity contribution in [2.24, 2.45) is 10.9 Å². The lowest BCUT2D eigenvalue weighted by molar-refractivity contribution is -0.0746. The summed E-state index contributed by atoms with van der Waals surface area (Å²) in [6.45, 7) is 3.81. The number of hydrogen-bond donors (Lipinski definition) is 2. The molecule has 13 heavy (non-hydrogen) atoms. The van der Waals surface area contributed by atoms with E-state index in [-0.39, 0.29) is 12.6 Å². The first-order valence-electron chi connectivity index (χ1n) is 3.74. The molecule has 76 valence electrons. The summed E-state index contributed by atoms with van der Waals surface area (Å²) in [4.78, 5) is 19.7. The Morgan fingerprint density at radius 3 is 2.54 bits per heavy atom. The van der Waals surface area contributed by atoms with Crippen molar-refractivity contribution in [1.29, 1.82) is 0 Å². The van der Waals surface area contributed by atoms with Crippen molar-refractivity contribution < 1.29 is 19.6 Å². The minimum absolute atomic E-state index is 0.175. The van der Waals surface area contributed by atoms with Crippen LogP contribution in [0.4, 0.5) is 4.79 Å². The van der Waals surface area contributed by atoms with Crippen LogP contribution < -0.4 is 5.73 Å². The predicted octanol–water partition coefficient (Wildman–Crippen LogP) is 0.184. The predicted molar refractivity (Wildman–Crippen MR) is 44.7 cm³/mol. The lowest BCUT2D eigenvalue weighted by atomic mass is 10.8. The number of nitrogens with two attached hydrogens (primary N) is 1. The van der Waals surface area contributed by atoms with Crippen molar-refractivity contribution in [2.45, 2.75) is 13.8 Å². The van der Waals surface area contributed by atoms with Gasteiger partial charge in [0.15, 0.2) is 0 Å². The molecule has 0 unspecified atom stereocenters. The largest absolute Gasteiger partial charge is 0.463 e. The molecular weight excluding hydrogens is 178 g/mol. The fourth-order valence-corrected chi connectivity index (χ4v) is 0.516. The molecule has 0 heterocycles. The van der Waals surface area contributed by atoms with Gasteiger partial charge >= 0.3 is 6.09 Å². The van der Waals surface area contributed by atoms with E-state index in [1.54, 1.807) is 13.8 Å². The van der Waals surface area contributed by atoms with Gasteiger partial charge in [0.1, 0.15) is 6.61 Å². The Kier molecular flexibility index (Phi) is 5.37. The molecule has 0 saturated carbocycles. The molecule has 0 aromatic heterocycles. The van der Waals surface area contributed by atoms with Crippen LogP contribution in [0.3, 0.4) is 0 Å². The molecule has 7 nitrogen and oxygen atoms in total. The highest BCUT2D eigenvalue weighted by atomic mass is 16.7. The summed E-state index contributed by atoms with van der Waals surface area (Å²) in [5.41, 5.74) is 5.24. The average Bonchev–Trinajstić information content (AvgIpc) is 2.09. The summed E-state index contributed by atoms with van der Waals surface area (Å²) in [7, 11) is 0. The molecule has 0 fully saturated rings. The second-order valence-electron chi connectivity index (χ2n) is 1.86. The number of carboxylic acid groups (broad SMARTS) is 1. The van der Waals surface area contributed by atoms with E-state index in [1.165, 1.54) is 0 Å². The normalized spacial score (nSPS) is 11.1. The highest BCUT2D eigenvalue weighted by Crippen LogP contribution is 1.92. The van der Waals surface area contributed by atoms with Crippen molar-refractivity contribution in [3.05, 3.63) is 0 Å². The first-order chi connectivity index (χ1) is 6.13. The minimum atomic E-state index is -1.34. The summed E-state index contributed by atoms with van der Waals surface area (Å²) < 4.78 is 0. The second kappa shape index (κ2) is 6.06. The van der Waals surface area contributed by atoms with Crippen LogP contribution in [0.5, 0.6) is 0 Å². The summed E-state index contributed by atoms with van der Waals surface area (Å²) >= 11 is 0. The Hall–Kier alpha value is -1.50. The number of rotatable bonds is 4. The van der Waals surface area contributed by atoms with Gasteiger partial charge in [0, 0.05) is 0 Å². The van der Waals surface area contributed by atoms with Crippen LogP contribution in [-0.2, 0) is 9.68 Å². The van der Waals surface area contributed by atoms with Gasteiger partial charge in [0.05, 0.1) is 6.61 Å². The van der Waals surface area contributed by atoms with E-state index < -0.39 is 6.09 Å². The number of nitrogens with zero attached hydrogens (tertiary/aromatic N) is 2. The van der Waals surface area contributed by atoms with Gasteiger partial charge in [-0.25, -0.2) is 4.79 Å². The maximum Gasteiger partial charge on any atom is 0.439 e. The SMILES string of the molecule is CCON=C(N)N(OCC)C(=O)O. The zero-order chi connectivity index (χ0) is 10.3. The Morgan fingerprint density at radius 2 is 2.15 bits per heavy atom. The monoisotopic (exact) mass is 191 g/mol. The van der Waals surface area contributed by atoms with Crippen molar-refractivity contribution in [3.63, 3.8) is 0 Å². The zero-order valence-electron chi connectivity index (χ0n) is 7.56. The summed E-state index contributed by atoms with van der Waals surface area (Å²) in [6.07, 6.45) is -1.34. The molecule has 0 spiro atoms. The van der Waals surface area contributed by atoms with Crippen molar-refractivity contribution >= 4 is 12.1 Å². The van der Waals surface area contributed by atoms with Gasteiger partial charge in [0.2, 0.25) is 0 Å². The van der Waals surface area contributed by atoms with Gasteiger partial charge in [-0.05, 0) is 19.0 Å². The summed E-state index contributed by atoms with van der Waals surface area (Å²) in [5, 5.41) is 12.3. The molecule has 0 radical (unpaired) electrons. The van der Waals surface area contributed by atoms with Crippen molar-refractivity contribution in [1.82, 2.24) is 5.06 Å². The molecule has 0 saturated heterocycles. The number of hydroxylamine groups is 2. The number of carbonyl (C=O) groups is 1. The first-order valence-corrected chi connectivity index (χ1v) is 3.74. The van der Waals surface area contributed by atoms with Gasteiger partial charge < -0.3 is 15.7 Å². The topological polar surface area (TPSA) is 97.4 Å². The van der Waals surface area contributed by atoms with E-state index in [9.17, 15) is 4.79 Å². The molecule has 0 aliphatic rings. The second-order valence-corrected chi connectivity index (χ2v) is 1.86. The zero-order valence-corrected chi connectivity index (χ0v) is 7.56. The molecular formula is C6H13N3O4. The Labute approximate surface area is 75.6 Å². The molecule has 1 amide bonds. The van der Waals surface area contributed by atoms with Crippen LogP contribution in [0.15, 0.2) is 5.16 Å². The Morgan fingerprint density at radius 1 is 1.54 bits per heavy atom. The van der Waals surface area contributed by atoms with Gasteiger partial charge in [0.25, 0.3) is 5.96 Å². The van der Waals surface area contributed by atoms with E-state index in [4.69, 9.17) is 10.8 Å². The van der Waals surface area contributed by atoms with Crippen LogP contribution in [0.2, 0.25) is 0 Å². The minimum Gasteiger partial charge on any atom is -0.463 e. The van der Waals surface area contributed by atoms with E-state index in [2.05, 4.69) is 14.8 Å². The van der Waals surface area contributed by atoms with Gasteiger partial charge in [-0.15, -0.1) is 5.06 Å². The number of hydrogen-bond acceptors (Lipinski definition) is 4. The number of oxime groups is 1. The van der Waals surface area contributed by atoms with E-state index >= 15 is 0 Å². The lowest BCUT2D eigenvalue weighted by Gasteiger charge is -2.14. The number of guanidine groups is 1. The Balaban J connectivity index is 4.26. The van der Waals surface area contributed by atoms with Crippen LogP contribution >= 0.6 is 0 Å². The van der Waals surface area contributed by atoms with Crippen LogP contribution in [0.1, 0.15) is 13.8 Å². The molecule has 3 N–H and O–H groups in total. The first kappa shape index (κ1) is 11.5. The molecule has 7 heteroatoms. The van der Waals surface area contributed by atoms with Crippen molar-refractivity contribution in [3.8, 4) is 0 Å². The molecule has 0 aliphatic carbocycles. The maximum atomic E-state index is 10.5. The molecule has 0 atom stereocenters. The van der Waals surface area contributed by atoms with Crippen LogP contribution in [0, 0.1) is 0 Å². The molecule has 0 aromatic carbocycles. The van der Waals surface area contributed by atoms with Crippen molar-refractivity contribution in [2.75, 3.05) is 13.2 Å².